The standard InChI is InChI=1S/C26H35BrN2O3S/c1-3-5-7-9-17-31-22-14-12-21(13-15-22)28-26(33)29-25(30)20-11-16-24(23(27)19-20)32-18-10-8-6-4-2/h11-16,19H,3-10,17-18H2,1-2H3,(H2,28,29,30,33). The molecule has 2 aromatic carbocycles. The number of thiocarbonyl (C=S) groups is 1. The van der Waals surface area contributed by atoms with Crippen LogP contribution in [0.2, 0.25) is 0 Å². The van der Waals surface area contributed by atoms with Crippen LogP contribution in [0.1, 0.15) is 75.6 Å². The molecule has 0 heterocycles. The van der Waals surface area contributed by atoms with Crippen molar-refractivity contribution in [1.82, 2.24) is 5.32 Å². The first-order valence-electron chi connectivity index (χ1n) is 11.8. The minimum atomic E-state index is -0.283. The highest BCUT2D eigenvalue weighted by atomic mass is 79.9. The Morgan fingerprint density at radius 2 is 1.52 bits per heavy atom. The van der Waals surface area contributed by atoms with Gasteiger partial charge in [-0.3, -0.25) is 10.1 Å². The fourth-order valence-electron chi connectivity index (χ4n) is 3.16. The molecule has 0 aliphatic heterocycles. The third kappa shape index (κ3) is 10.6. The van der Waals surface area contributed by atoms with Gasteiger partial charge in [0, 0.05) is 11.3 Å². The molecule has 2 aromatic rings. The lowest BCUT2D eigenvalue weighted by Crippen LogP contribution is -2.34. The fourth-order valence-corrected chi connectivity index (χ4v) is 3.86. The zero-order valence-electron chi connectivity index (χ0n) is 19.6. The molecule has 180 valence electrons. The van der Waals surface area contributed by atoms with Crippen LogP contribution in [0.25, 0.3) is 0 Å². The van der Waals surface area contributed by atoms with E-state index in [0.717, 1.165) is 47.5 Å². The smallest absolute Gasteiger partial charge is 0.257 e. The fraction of sp³-hybridized carbons (Fsp3) is 0.462. The molecule has 0 unspecified atom stereocenters. The van der Waals surface area contributed by atoms with Gasteiger partial charge in [0.05, 0.1) is 17.7 Å². The summed E-state index contributed by atoms with van der Waals surface area (Å²) in [5, 5.41) is 5.98. The lowest BCUT2D eigenvalue weighted by atomic mass is 10.2. The number of hydrogen-bond donors (Lipinski definition) is 2. The predicted molar refractivity (Wildman–Crippen MR) is 144 cm³/mol. The van der Waals surface area contributed by atoms with Crippen LogP contribution in [0.15, 0.2) is 46.9 Å². The molecule has 0 spiro atoms. The van der Waals surface area contributed by atoms with E-state index < -0.39 is 0 Å². The Hall–Kier alpha value is -2.12. The first-order chi connectivity index (χ1) is 16.0. The Morgan fingerprint density at radius 3 is 2.12 bits per heavy atom. The van der Waals surface area contributed by atoms with Gasteiger partial charge in [-0.15, -0.1) is 0 Å². The third-order valence-corrected chi connectivity index (χ3v) is 5.88. The summed E-state index contributed by atoms with van der Waals surface area (Å²) in [7, 11) is 0. The molecule has 0 saturated heterocycles. The number of halogens is 1. The van der Waals surface area contributed by atoms with Crippen LogP contribution in [0.5, 0.6) is 11.5 Å². The normalized spacial score (nSPS) is 10.5. The first kappa shape index (κ1) is 27.1. The minimum Gasteiger partial charge on any atom is -0.494 e. The third-order valence-electron chi connectivity index (χ3n) is 5.06. The Balaban J connectivity index is 1.78. The molecule has 0 atom stereocenters. The Labute approximate surface area is 211 Å². The molecule has 0 fully saturated rings. The molecule has 0 aromatic heterocycles. The maximum atomic E-state index is 12.6. The summed E-state index contributed by atoms with van der Waals surface area (Å²) in [4.78, 5) is 12.6. The summed E-state index contributed by atoms with van der Waals surface area (Å²) in [6.45, 7) is 5.77. The van der Waals surface area contributed by atoms with Crippen molar-refractivity contribution in [2.75, 3.05) is 18.5 Å². The van der Waals surface area contributed by atoms with Crippen LogP contribution in [-0.2, 0) is 0 Å². The van der Waals surface area contributed by atoms with Gasteiger partial charge in [-0.25, -0.2) is 0 Å². The summed E-state index contributed by atoms with van der Waals surface area (Å²) in [6.07, 6.45) is 9.30. The van der Waals surface area contributed by atoms with E-state index in [1.165, 1.54) is 32.1 Å². The van der Waals surface area contributed by atoms with Crippen LogP contribution in [0.4, 0.5) is 5.69 Å². The molecule has 1 amide bonds. The van der Waals surface area contributed by atoms with Gasteiger partial charge < -0.3 is 14.8 Å². The van der Waals surface area contributed by atoms with Crippen molar-refractivity contribution in [3.63, 3.8) is 0 Å². The number of nitrogens with one attached hydrogen (secondary N) is 2. The highest BCUT2D eigenvalue weighted by Crippen LogP contribution is 2.26. The molecule has 2 rings (SSSR count). The second kappa shape index (κ2) is 15.7. The summed E-state index contributed by atoms with van der Waals surface area (Å²) in [5.41, 5.74) is 1.28. The molecule has 33 heavy (non-hydrogen) atoms. The monoisotopic (exact) mass is 534 g/mol. The van der Waals surface area contributed by atoms with Gasteiger partial charge in [-0.05, 0) is 83.5 Å². The first-order valence-corrected chi connectivity index (χ1v) is 13.0. The van der Waals surface area contributed by atoms with Crippen molar-refractivity contribution in [3.8, 4) is 11.5 Å². The number of hydrogen-bond acceptors (Lipinski definition) is 4. The highest BCUT2D eigenvalue weighted by Gasteiger charge is 2.11. The summed E-state index contributed by atoms with van der Waals surface area (Å²) < 4.78 is 12.3. The average molecular weight is 536 g/mol. The molecular weight excluding hydrogens is 500 g/mol. The van der Waals surface area contributed by atoms with Gasteiger partial charge in [-0.2, -0.15) is 0 Å². The largest absolute Gasteiger partial charge is 0.494 e. The topological polar surface area (TPSA) is 59.6 Å². The van der Waals surface area contributed by atoms with Crippen LogP contribution in [-0.4, -0.2) is 24.2 Å². The molecule has 0 radical (unpaired) electrons. The van der Waals surface area contributed by atoms with Crippen LogP contribution in [0, 0.1) is 0 Å². The number of anilines is 1. The van der Waals surface area contributed by atoms with Gasteiger partial charge in [0.1, 0.15) is 11.5 Å². The van der Waals surface area contributed by atoms with E-state index in [1.807, 2.05) is 24.3 Å². The second-order valence-corrected chi connectivity index (χ2v) is 9.16. The van der Waals surface area contributed by atoms with Crippen LogP contribution >= 0.6 is 28.1 Å². The van der Waals surface area contributed by atoms with Gasteiger partial charge in [0.25, 0.3) is 5.91 Å². The molecule has 7 heteroatoms. The van der Waals surface area contributed by atoms with Crippen molar-refractivity contribution in [3.05, 3.63) is 52.5 Å². The van der Waals surface area contributed by atoms with Crippen molar-refractivity contribution in [2.24, 2.45) is 0 Å². The average Bonchev–Trinajstić information content (AvgIpc) is 2.80. The Bertz CT molecular complexity index is 874. The Morgan fingerprint density at radius 1 is 0.879 bits per heavy atom. The number of ether oxygens (including phenoxy) is 2. The van der Waals surface area contributed by atoms with Crippen molar-refractivity contribution in [2.45, 2.75) is 65.2 Å². The summed E-state index contributed by atoms with van der Waals surface area (Å²) in [6, 6.07) is 12.8. The molecule has 0 aliphatic rings. The number of rotatable bonds is 14. The number of carbonyl (C=O) groups is 1. The van der Waals surface area contributed by atoms with E-state index in [0.29, 0.717) is 12.2 Å². The Kier molecular flexibility index (Phi) is 12.9. The van der Waals surface area contributed by atoms with Gasteiger partial charge in [0.2, 0.25) is 0 Å². The maximum Gasteiger partial charge on any atom is 0.257 e. The van der Waals surface area contributed by atoms with Gasteiger partial charge in [0.15, 0.2) is 5.11 Å². The SMILES string of the molecule is CCCCCCOc1ccc(NC(=S)NC(=O)c2ccc(OCCCCCC)c(Br)c2)cc1. The lowest BCUT2D eigenvalue weighted by Gasteiger charge is -2.12. The second-order valence-electron chi connectivity index (χ2n) is 7.90. The van der Waals surface area contributed by atoms with E-state index in [4.69, 9.17) is 21.7 Å². The zero-order valence-corrected chi connectivity index (χ0v) is 22.0. The summed E-state index contributed by atoms with van der Waals surface area (Å²) >= 11 is 8.79. The maximum absolute atomic E-state index is 12.6. The van der Waals surface area contributed by atoms with Crippen LogP contribution in [0.3, 0.4) is 0 Å². The van der Waals surface area contributed by atoms with E-state index in [2.05, 4.69) is 40.4 Å². The molecule has 2 N–H and O–H groups in total. The predicted octanol–water partition coefficient (Wildman–Crippen LogP) is 7.49. The van der Waals surface area contributed by atoms with E-state index in [9.17, 15) is 4.79 Å². The number of carbonyl (C=O) groups excluding carboxylic acids is 1. The molecule has 0 saturated carbocycles. The summed E-state index contributed by atoms with van der Waals surface area (Å²) in [5.74, 6) is 1.27. The molecule has 5 nitrogen and oxygen atoms in total. The van der Waals surface area contributed by atoms with Gasteiger partial charge >= 0.3 is 0 Å². The number of amides is 1. The minimum absolute atomic E-state index is 0.237. The molecule has 0 bridgehead atoms. The lowest BCUT2D eigenvalue weighted by molar-refractivity contribution is 0.0977. The van der Waals surface area contributed by atoms with E-state index in [-0.39, 0.29) is 11.0 Å². The van der Waals surface area contributed by atoms with Crippen molar-refractivity contribution >= 4 is 44.9 Å². The number of unbranched alkanes of at least 4 members (excludes halogenated alkanes) is 6. The van der Waals surface area contributed by atoms with Gasteiger partial charge in [-0.1, -0.05) is 52.4 Å². The van der Waals surface area contributed by atoms with Crippen molar-refractivity contribution < 1.29 is 14.3 Å². The zero-order chi connectivity index (χ0) is 23.9. The van der Waals surface area contributed by atoms with Crippen molar-refractivity contribution in [1.29, 1.82) is 0 Å². The molecular formula is C26H35BrN2O3S. The quantitative estimate of drug-likeness (QED) is 0.194. The highest BCUT2D eigenvalue weighted by molar-refractivity contribution is 9.10. The van der Waals surface area contributed by atoms with E-state index >= 15 is 0 Å². The molecule has 0 aliphatic carbocycles. The van der Waals surface area contributed by atoms with E-state index in [1.54, 1.807) is 18.2 Å². The number of benzene rings is 2. The van der Waals surface area contributed by atoms with Crippen LogP contribution < -0.4 is 20.1 Å².